The van der Waals surface area contributed by atoms with E-state index in [1.807, 2.05) is 11.8 Å². The fourth-order valence-corrected chi connectivity index (χ4v) is 2.55. The van der Waals surface area contributed by atoms with Gasteiger partial charge in [-0.2, -0.15) is 11.8 Å². The Morgan fingerprint density at radius 1 is 1.50 bits per heavy atom. The molecule has 1 fully saturated rings. The standard InChI is InChI=1S/C12H24N2OS/c1-5-7-10-13-12(3,6-2)11(15)14(10)8-9-16-4/h10,13H,5-9H2,1-4H3. The Balaban J connectivity index is 2.72. The summed E-state index contributed by atoms with van der Waals surface area (Å²) in [5.74, 6) is 1.30. The molecule has 1 saturated heterocycles. The van der Waals surface area contributed by atoms with Crippen molar-refractivity contribution in [3.8, 4) is 0 Å². The number of rotatable bonds is 6. The predicted octanol–water partition coefficient (Wildman–Crippen LogP) is 2.08. The van der Waals surface area contributed by atoms with Gasteiger partial charge in [-0.1, -0.05) is 20.3 Å². The second-order valence-corrected chi connectivity index (χ2v) is 5.61. The third-order valence-corrected chi connectivity index (χ3v) is 3.99. The summed E-state index contributed by atoms with van der Waals surface area (Å²) in [7, 11) is 0. The van der Waals surface area contributed by atoms with Crippen LogP contribution < -0.4 is 5.32 Å². The molecule has 1 heterocycles. The molecule has 1 aliphatic heterocycles. The molecule has 2 unspecified atom stereocenters. The van der Waals surface area contributed by atoms with Crippen molar-refractivity contribution in [2.75, 3.05) is 18.6 Å². The molecular formula is C12H24N2OS. The Labute approximate surface area is 103 Å². The van der Waals surface area contributed by atoms with Crippen LogP contribution >= 0.6 is 11.8 Å². The zero-order valence-corrected chi connectivity index (χ0v) is 11.7. The van der Waals surface area contributed by atoms with Gasteiger partial charge >= 0.3 is 0 Å². The minimum atomic E-state index is -0.335. The molecule has 1 N–H and O–H groups in total. The van der Waals surface area contributed by atoms with E-state index in [1.54, 1.807) is 11.8 Å². The highest BCUT2D eigenvalue weighted by molar-refractivity contribution is 7.98. The van der Waals surface area contributed by atoms with Crippen molar-refractivity contribution >= 4 is 17.7 Å². The average molecular weight is 244 g/mol. The van der Waals surface area contributed by atoms with Crippen LogP contribution in [0.2, 0.25) is 0 Å². The van der Waals surface area contributed by atoms with Crippen LogP contribution in [0.3, 0.4) is 0 Å². The minimum absolute atomic E-state index is 0.245. The topological polar surface area (TPSA) is 32.3 Å². The lowest BCUT2D eigenvalue weighted by Gasteiger charge is -2.23. The van der Waals surface area contributed by atoms with Gasteiger partial charge in [0.25, 0.3) is 0 Å². The van der Waals surface area contributed by atoms with Crippen molar-refractivity contribution < 1.29 is 4.79 Å². The Bertz CT molecular complexity index is 247. The van der Waals surface area contributed by atoms with E-state index in [4.69, 9.17) is 0 Å². The van der Waals surface area contributed by atoms with Crippen molar-refractivity contribution in [1.82, 2.24) is 10.2 Å². The Morgan fingerprint density at radius 3 is 2.69 bits per heavy atom. The Morgan fingerprint density at radius 2 is 2.19 bits per heavy atom. The zero-order valence-electron chi connectivity index (χ0n) is 10.9. The van der Waals surface area contributed by atoms with Crippen LogP contribution in [0.5, 0.6) is 0 Å². The molecule has 0 aromatic carbocycles. The molecule has 16 heavy (non-hydrogen) atoms. The number of hydrogen-bond acceptors (Lipinski definition) is 3. The average Bonchev–Trinajstić information content (AvgIpc) is 2.51. The Hall–Kier alpha value is -0.220. The summed E-state index contributed by atoms with van der Waals surface area (Å²) in [4.78, 5) is 14.3. The molecule has 94 valence electrons. The van der Waals surface area contributed by atoms with Gasteiger partial charge in [-0.05, 0) is 26.0 Å². The van der Waals surface area contributed by atoms with Gasteiger partial charge in [0.15, 0.2) is 0 Å². The molecule has 4 heteroatoms. The van der Waals surface area contributed by atoms with Crippen LogP contribution in [-0.2, 0) is 4.79 Å². The van der Waals surface area contributed by atoms with E-state index in [9.17, 15) is 4.79 Å². The van der Waals surface area contributed by atoms with E-state index in [0.717, 1.165) is 31.6 Å². The van der Waals surface area contributed by atoms with E-state index in [1.165, 1.54) is 0 Å². The van der Waals surface area contributed by atoms with Crippen molar-refractivity contribution in [3.63, 3.8) is 0 Å². The van der Waals surface area contributed by atoms with Gasteiger partial charge in [-0.3, -0.25) is 10.1 Å². The van der Waals surface area contributed by atoms with Gasteiger partial charge in [0.05, 0.1) is 11.7 Å². The van der Waals surface area contributed by atoms with Crippen LogP contribution in [0.15, 0.2) is 0 Å². The first-order valence-electron chi connectivity index (χ1n) is 6.16. The molecule has 3 nitrogen and oxygen atoms in total. The second-order valence-electron chi connectivity index (χ2n) is 4.63. The quantitative estimate of drug-likeness (QED) is 0.776. The number of amides is 1. The molecule has 0 radical (unpaired) electrons. The van der Waals surface area contributed by atoms with Gasteiger partial charge in [0.2, 0.25) is 5.91 Å². The lowest BCUT2D eigenvalue weighted by atomic mass is 9.99. The van der Waals surface area contributed by atoms with Gasteiger partial charge in [0.1, 0.15) is 0 Å². The van der Waals surface area contributed by atoms with E-state index >= 15 is 0 Å². The van der Waals surface area contributed by atoms with E-state index in [2.05, 4.69) is 25.4 Å². The third-order valence-electron chi connectivity index (χ3n) is 3.40. The highest BCUT2D eigenvalue weighted by atomic mass is 32.2. The lowest BCUT2D eigenvalue weighted by Crippen LogP contribution is -2.43. The van der Waals surface area contributed by atoms with Crippen molar-refractivity contribution in [2.24, 2.45) is 0 Å². The van der Waals surface area contributed by atoms with E-state index in [-0.39, 0.29) is 17.6 Å². The maximum absolute atomic E-state index is 12.3. The number of hydrogen-bond donors (Lipinski definition) is 1. The van der Waals surface area contributed by atoms with E-state index in [0.29, 0.717) is 0 Å². The second kappa shape index (κ2) is 5.92. The van der Waals surface area contributed by atoms with Crippen LogP contribution in [0.4, 0.5) is 0 Å². The molecule has 0 aromatic heterocycles. The number of carbonyl (C=O) groups excluding carboxylic acids is 1. The fourth-order valence-electron chi connectivity index (χ4n) is 2.17. The molecular weight excluding hydrogens is 220 g/mol. The van der Waals surface area contributed by atoms with Gasteiger partial charge in [-0.25, -0.2) is 0 Å². The van der Waals surface area contributed by atoms with Crippen LogP contribution in [0.1, 0.15) is 40.0 Å². The van der Waals surface area contributed by atoms with Crippen molar-refractivity contribution in [3.05, 3.63) is 0 Å². The summed E-state index contributed by atoms with van der Waals surface area (Å²) in [5, 5.41) is 3.49. The summed E-state index contributed by atoms with van der Waals surface area (Å²) in [6.45, 7) is 7.14. The molecule has 0 aliphatic carbocycles. The highest BCUT2D eigenvalue weighted by Gasteiger charge is 2.45. The molecule has 0 bridgehead atoms. The zero-order chi connectivity index (χ0) is 12.2. The first-order valence-corrected chi connectivity index (χ1v) is 7.56. The number of carbonyl (C=O) groups is 1. The summed E-state index contributed by atoms with van der Waals surface area (Å²) in [6.07, 6.45) is 5.36. The summed E-state index contributed by atoms with van der Waals surface area (Å²) < 4.78 is 0. The summed E-state index contributed by atoms with van der Waals surface area (Å²) in [5.41, 5.74) is -0.335. The van der Waals surface area contributed by atoms with E-state index < -0.39 is 0 Å². The number of nitrogens with one attached hydrogen (secondary N) is 1. The predicted molar refractivity (Wildman–Crippen MR) is 70.6 cm³/mol. The normalized spacial score (nSPS) is 30.1. The fraction of sp³-hybridized carbons (Fsp3) is 0.917. The molecule has 0 aromatic rings. The molecule has 1 rings (SSSR count). The van der Waals surface area contributed by atoms with Crippen LogP contribution in [-0.4, -0.2) is 41.1 Å². The molecule has 0 saturated carbocycles. The smallest absolute Gasteiger partial charge is 0.243 e. The first-order chi connectivity index (χ1) is 7.59. The van der Waals surface area contributed by atoms with Crippen LogP contribution in [0, 0.1) is 0 Å². The van der Waals surface area contributed by atoms with Crippen LogP contribution in [0.25, 0.3) is 0 Å². The molecule has 0 spiro atoms. The monoisotopic (exact) mass is 244 g/mol. The van der Waals surface area contributed by atoms with Gasteiger partial charge < -0.3 is 4.90 Å². The molecule has 2 atom stereocenters. The van der Waals surface area contributed by atoms with Gasteiger partial charge in [0, 0.05) is 12.3 Å². The van der Waals surface area contributed by atoms with Crippen molar-refractivity contribution in [2.45, 2.75) is 51.7 Å². The maximum Gasteiger partial charge on any atom is 0.243 e. The van der Waals surface area contributed by atoms with Crippen molar-refractivity contribution in [1.29, 1.82) is 0 Å². The number of nitrogens with zero attached hydrogens (tertiary/aromatic N) is 1. The highest BCUT2D eigenvalue weighted by Crippen LogP contribution is 2.25. The molecule has 1 amide bonds. The largest absolute Gasteiger partial charge is 0.325 e. The summed E-state index contributed by atoms with van der Waals surface area (Å²) in [6, 6.07) is 0. The Kier molecular flexibility index (Phi) is 5.12. The maximum atomic E-state index is 12.3. The lowest BCUT2D eigenvalue weighted by molar-refractivity contribution is -0.132. The SMILES string of the molecule is CCCC1NC(C)(CC)C(=O)N1CCSC. The minimum Gasteiger partial charge on any atom is -0.325 e. The van der Waals surface area contributed by atoms with Gasteiger partial charge in [-0.15, -0.1) is 0 Å². The molecule has 1 aliphatic rings. The number of thioether (sulfide) groups is 1. The first kappa shape index (κ1) is 13.8. The summed E-state index contributed by atoms with van der Waals surface area (Å²) >= 11 is 1.80. The third kappa shape index (κ3) is 2.72.